The molecule has 1 N–H and O–H groups in total. The van der Waals surface area contributed by atoms with Crippen LogP contribution in [0.15, 0.2) is 0 Å². The first-order valence-corrected chi connectivity index (χ1v) is 8.73. The quantitative estimate of drug-likeness (QED) is 0.468. The Balaban J connectivity index is 3.53. The lowest BCUT2D eigenvalue weighted by Gasteiger charge is -2.09. The number of sulfonamides is 1. The van der Waals surface area contributed by atoms with Crippen molar-refractivity contribution in [3.05, 3.63) is 0 Å². The van der Waals surface area contributed by atoms with Gasteiger partial charge in [0, 0.05) is 12.4 Å². The molecule has 0 amide bonds. The molecule has 0 spiro atoms. The summed E-state index contributed by atoms with van der Waals surface area (Å²) >= 11 is 5.60. The maximum Gasteiger partial charge on any atom is 0.211 e. The van der Waals surface area contributed by atoms with Crippen LogP contribution in [0.2, 0.25) is 0 Å². The maximum atomic E-state index is 11.6. The van der Waals surface area contributed by atoms with E-state index in [4.69, 9.17) is 11.6 Å². The van der Waals surface area contributed by atoms with Crippen molar-refractivity contribution >= 4 is 21.6 Å². The third kappa shape index (κ3) is 11.0. The second-order valence-electron chi connectivity index (χ2n) is 4.70. The number of unbranched alkanes of at least 4 members (excludes halogenated alkanes) is 5. The molecule has 0 fully saturated rings. The van der Waals surface area contributed by atoms with Gasteiger partial charge < -0.3 is 0 Å². The summed E-state index contributed by atoms with van der Waals surface area (Å²) < 4.78 is 25.8. The number of hydrogen-bond acceptors (Lipinski definition) is 2. The first-order chi connectivity index (χ1) is 8.02. The Bertz CT molecular complexity index is 268. The van der Waals surface area contributed by atoms with Crippen LogP contribution in [0.4, 0.5) is 0 Å². The first-order valence-electron chi connectivity index (χ1n) is 6.55. The van der Waals surface area contributed by atoms with Crippen molar-refractivity contribution in [3.63, 3.8) is 0 Å². The Morgan fingerprint density at radius 1 is 1.12 bits per heavy atom. The molecule has 0 aliphatic rings. The minimum absolute atomic E-state index is 0.0127. The second kappa shape index (κ2) is 10.2. The first kappa shape index (κ1) is 17.2. The van der Waals surface area contributed by atoms with E-state index in [1.807, 2.05) is 6.92 Å². The lowest BCUT2D eigenvalue weighted by Crippen LogP contribution is -2.30. The van der Waals surface area contributed by atoms with Gasteiger partial charge in [-0.1, -0.05) is 46.0 Å². The van der Waals surface area contributed by atoms with Crippen LogP contribution in [0.1, 0.15) is 52.4 Å². The predicted octanol–water partition coefficient (Wildman–Crippen LogP) is 3.14. The SMILES string of the molecule is CCCCCCCCNS(=O)(=O)CC(C)CCl. The molecule has 5 heteroatoms. The Labute approximate surface area is 111 Å². The molecule has 17 heavy (non-hydrogen) atoms. The third-order valence-electron chi connectivity index (χ3n) is 2.62. The van der Waals surface area contributed by atoms with Gasteiger partial charge >= 0.3 is 0 Å². The van der Waals surface area contributed by atoms with E-state index in [1.54, 1.807) is 0 Å². The molecule has 0 aromatic heterocycles. The van der Waals surface area contributed by atoms with Crippen LogP contribution in [0.3, 0.4) is 0 Å². The van der Waals surface area contributed by atoms with Crippen LogP contribution in [0.5, 0.6) is 0 Å². The van der Waals surface area contributed by atoms with E-state index >= 15 is 0 Å². The molecule has 1 atom stereocenters. The molecule has 0 aliphatic carbocycles. The standard InChI is InChI=1S/C12H26ClNO2S/c1-3-4-5-6-7-8-9-14-17(15,16)11-12(2)10-13/h12,14H,3-11H2,1-2H3. The van der Waals surface area contributed by atoms with E-state index in [0.717, 1.165) is 12.8 Å². The molecule has 3 nitrogen and oxygen atoms in total. The topological polar surface area (TPSA) is 46.2 Å². The number of hydrogen-bond donors (Lipinski definition) is 1. The smallest absolute Gasteiger partial charge is 0.211 e. The fourth-order valence-electron chi connectivity index (χ4n) is 1.61. The van der Waals surface area contributed by atoms with Crippen molar-refractivity contribution in [1.29, 1.82) is 0 Å². The highest BCUT2D eigenvalue weighted by atomic mass is 35.5. The summed E-state index contributed by atoms with van der Waals surface area (Å²) in [4.78, 5) is 0. The zero-order valence-corrected chi connectivity index (χ0v) is 12.6. The minimum atomic E-state index is -3.12. The van der Waals surface area contributed by atoms with Gasteiger partial charge in [-0.15, -0.1) is 11.6 Å². The molecule has 104 valence electrons. The number of halogens is 1. The summed E-state index contributed by atoms with van der Waals surface area (Å²) in [6.07, 6.45) is 7.01. The van der Waals surface area contributed by atoms with E-state index in [0.29, 0.717) is 12.4 Å². The van der Waals surface area contributed by atoms with Crippen LogP contribution in [-0.2, 0) is 10.0 Å². The fourth-order valence-corrected chi connectivity index (χ4v) is 3.29. The molecule has 0 aromatic rings. The molecule has 0 aromatic carbocycles. The zero-order valence-electron chi connectivity index (χ0n) is 11.0. The normalized spacial score (nSPS) is 13.8. The van der Waals surface area contributed by atoms with Crippen molar-refractivity contribution in [2.24, 2.45) is 5.92 Å². The summed E-state index contributed by atoms with van der Waals surface area (Å²) in [5.41, 5.74) is 0. The Morgan fingerprint density at radius 3 is 2.29 bits per heavy atom. The van der Waals surface area contributed by atoms with E-state index in [1.165, 1.54) is 25.7 Å². The van der Waals surface area contributed by atoms with E-state index < -0.39 is 10.0 Å². The monoisotopic (exact) mass is 283 g/mol. The van der Waals surface area contributed by atoms with Crippen LogP contribution in [0.25, 0.3) is 0 Å². The highest BCUT2D eigenvalue weighted by Gasteiger charge is 2.13. The molecule has 0 bridgehead atoms. The van der Waals surface area contributed by atoms with Crippen molar-refractivity contribution in [2.75, 3.05) is 18.2 Å². The van der Waals surface area contributed by atoms with Gasteiger partial charge in [-0.3, -0.25) is 0 Å². The fraction of sp³-hybridized carbons (Fsp3) is 1.00. The summed E-state index contributed by atoms with van der Waals surface area (Å²) in [7, 11) is -3.12. The Morgan fingerprint density at radius 2 is 1.71 bits per heavy atom. The number of nitrogens with one attached hydrogen (secondary N) is 1. The number of rotatable bonds is 11. The second-order valence-corrected chi connectivity index (χ2v) is 6.86. The van der Waals surface area contributed by atoms with Gasteiger partial charge in [-0.05, 0) is 12.3 Å². The largest absolute Gasteiger partial charge is 0.215 e. The lowest BCUT2D eigenvalue weighted by atomic mass is 10.1. The summed E-state index contributed by atoms with van der Waals surface area (Å²) in [5, 5.41) is 0. The predicted molar refractivity (Wildman–Crippen MR) is 75.0 cm³/mol. The van der Waals surface area contributed by atoms with Crippen molar-refractivity contribution in [3.8, 4) is 0 Å². The highest BCUT2D eigenvalue weighted by molar-refractivity contribution is 7.89. The minimum Gasteiger partial charge on any atom is -0.215 e. The van der Waals surface area contributed by atoms with Crippen molar-refractivity contribution < 1.29 is 8.42 Å². The lowest BCUT2D eigenvalue weighted by molar-refractivity contribution is 0.558. The average molecular weight is 284 g/mol. The van der Waals surface area contributed by atoms with Gasteiger partial charge in [-0.25, -0.2) is 13.1 Å². The molecule has 0 heterocycles. The van der Waals surface area contributed by atoms with Gasteiger partial charge in [0.05, 0.1) is 5.75 Å². The van der Waals surface area contributed by atoms with E-state index in [2.05, 4.69) is 11.6 Å². The van der Waals surface area contributed by atoms with Gasteiger partial charge in [0.1, 0.15) is 0 Å². The molecular formula is C12H26ClNO2S. The summed E-state index contributed by atoms with van der Waals surface area (Å²) in [6, 6.07) is 0. The van der Waals surface area contributed by atoms with Crippen LogP contribution in [0, 0.1) is 5.92 Å². The third-order valence-corrected chi connectivity index (χ3v) is 4.80. The van der Waals surface area contributed by atoms with Crippen molar-refractivity contribution in [1.82, 2.24) is 4.72 Å². The molecule has 0 aliphatic heterocycles. The molecule has 0 radical (unpaired) electrons. The van der Waals surface area contributed by atoms with Gasteiger partial charge in [0.2, 0.25) is 10.0 Å². The number of alkyl halides is 1. The van der Waals surface area contributed by atoms with E-state index in [9.17, 15) is 8.42 Å². The van der Waals surface area contributed by atoms with Gasteiger partial charge in [0.15, 0.2) is 0 Å². The summed E-state index contributed by atoms with van der Waals surface area (Å²) in [6.45, 7) is 4.59. The molecule has 1 unspecified atom stereocenters. The average Bonchev–Trinajstić information content (AvgIpc) is 2.27. The zero-order chi connectivity index (χ0) is 13.1. The Kier molecular flexibility index (Phi) is 10.3. The van der Waals surface area contributed by atoms with Crippen LogP contribution < -0.4 is 4.72 Å². The Hall–Kier alpha value is 0.200. The van der Waals surface area contributed by atoms with Gasteiger partial charge in [0.25, 0.3) is 0 Å². The molecule has 0 saturated heterocycles. The molecule has 0 saturated carbocycles. The molecule has 0 rings (SSSR count). The summed E-state index contributed by atoms with van der Waals surface area (Å²) in [5.74, 6) is 0.531. The van der Waals surface area contributed by atoms with Gasteiger partial charge in [-0.2, -0.15) is 0 Å². The highest BCUT2D eigenvalue weighted by Crippen LogP contribution is 2.05. The molecular weight excluding hydrogens is 258 g/mol. The van der Waals surface area contributed by atoms with E-state index in [-0.39, 0.29) is 11.7 Å². The van der Waals surface area contributed by atoms with Crippen LogP contribution >= 0.6 is 11.6 Å². The van der Waals surface area contributed by atoms with Crippen molar-refractivity contribution in [2.45, 2.75) is 52.4 Å². The van der Waals surface area contributed by atoms with Crippen LogP contribution in [-0.4, -0.2) is 26.6 Å². The maximum absolute atomic E-state index is 11.6.